The molecule has 8 nitrogen and oxygen atoms in total. The summed E-state index contributed by atoms with van der Waals surface area (Å²) in [5.74, 6) is -0.900. The van der Waals surface area contributed by atoms with E-state index in [9.17, 15) is 25.9 Å². The zero-order valence-corrected chi connectivity index (χ0v) is 34.8. The molecule has 0 radical (unpaired) electrons. The van der Waals surface area contributed by atoms with E-state index in [1.807, 2.05) is 48.6 Å². The van der Waals surface area contributed by atoms with Gasteiger partial charge in [-0.15, -0.1) is 0 Å². The van der Waals surface area contributed by atoms with Crippen molar-refractivity contribution in [3.05, 3.63) is 104 Å². The van der Waals surface area contributed by atoms with Crippen molar-refractivity contribution in [1.29, 1.82) is 0 Å². The fraction of sp³-hybridized carbons (Fsp3) is 0.417. The van der Waals surface area contributed by atoms with Crippen LogP contribution in [0.2, 0.25) is 10.0 Å². The predicted molar refractivity (Wildman–Crippen MR) is 196 cm³/mol. The van der Waals surface area contributed by atoms with Crippen LogP contribution in [0, 0.1) is 0 Å². The molecule has 0 atom stereocenters. The Morgan fingerprint density at radius 3 is 2.10 bits per heavy atom. The zero-order chi connectivity index (χ0) is 35.9. The van der Waals surface area contributed by atoms with Gasteiger partial charge in [0.1, 0.15) is 6.54 Å². The average Bonchev–Trinajstić information content (AvgIpc) is 3.32. The molecule has 2 heterocycles. The summed E-state index contributed by atoms with van der Waals surface area (Å²) in [5, 5.41) is 1.86. The van der Waals surface area contributed by atoms with Crippen molar-refractivity contribution in [3.63, 3.8) is 0 Å². The summed E-state index contributed by atoms with van der Waals surface area (Å²) in [4.78, 5) is 2.06. The molecule has 0 saturated heterocycles. The second-order valence-electron chi connectivity index (χ2n) is 13.8. The number of benzene rings is 2. The first-order chi connectivity index (χ1) is 22.8. The largest absolute Gasteiger partial charge is 1.00 e. The van der Waals surface area contributed by atoms with Crippen molar-refractivity contribution in [2.24, 2.45) is 0 Å². The predicted octanol–water partition coefficient (Wildman–Crippen LogP) is 5.09. The first kappa shape index (κ1) is 41.3. The van der Waals surface area contributed by atoms with Crippen LogP contribution in [0.3, 0.4) is 0 Å². The zero-order valence-electron chi connectivity index (χ0n) is 28.9. The Kier molecular flexibility index (Phi) is 13.1. The summed E-state index contributed by atoms with van der Waals surface area (Å²) >= 11 is 19.8. The van der Waals surface area contributed by atoms with Gasteiger partial charge in [-0.2, -0.15) is 4.58 Å². The van der Waals surface area contributed by atoms with Crippen LogP contribution in [0.5, 0.6) is 0 Å². The van der Waals surface area contributed by atoms with Crippen LogP contribution in [-0.2, 0) is 31.1 Å². The van der Waals surface area contributed by atoms with E-state index >= 15 is 0 Å². The minimum absolute atomic E-state index is 0. The number of rotatable bonds is 11. The van der Waals surface area contributed by atoms with Crippen molar-refractivity contribution in [2.75, 3.05) is 29.5 Å². The Hall–Kier alpha value is -1.44. The van der Waals surface area contributed by atoms with E-state index < -0.39 is 42.6 Å². The summed E-state index contributed by atoms with van der Waals surface area (Å²) in [7, 11) is -8.69. The Labute approximate surface area is 333 Å². The summed E-state index contributed by atoms with van der Waals surface area (Å²) in [6.07, 6.45) is 10.9. The van der Waals surface area contributed by atoms with Crippen LogP contribution in [0.25, 0.3) is 0 Å². The molecule has 2 aromatic rings. The average molecular weight is 790 g/mol. The topological polar surface area (TPSA) is 121 Å². The van der Waals surface area contributed by atoms with Crippen molar-refractivity contribution in [1.82, 2.24) is 0 Å². The number of halogens is 3. The molecule has 50 heavy (non-hydrogen) atoms. The fourth-order valence-corrected chi connectivity index (χ4v) is 8.77. The van der Waals surface area contributed by atoms with Crippen LogP contribution in [0.4, 0.5) is 11.4 Å². The molecule has 0 fully saturated rings. The third-order valence-corrected chi connectivity index (χ3v) is 12.1. The van der Waals surface area contributed by atoms with Crippen molar-refractivity contribution >= 4 is 72.1 Å². The molecular formula is C36H40Cl3N2NaO6S2. The molecule has 0 saturated carbocycles. The first-order valence-electron chi connectivity index (χ1n) is 16.2. The molecule has 1 aliphatic carbocycles. The Morgan fingerprint density at radius 1 is 0.820 bits per heavy atom. The maximum Gasteiger partial charge on any atom is 1.00 e. The van der Waals surface area contributed by atoms with E-state index in [0.717, 1.165) is 64.3 Å². The van der Waals surface area contributed by atoms with Crippen LogP contribution >= 0.6 is 34.8 Å². The quantitative estimate of drug-likeness (QED) is 0.177. The van der Waals surface area contributed by atoms with E-state index in [4.69, 9.17) is 34.8 Å². The van der Waals surface area contributed by atoms with Gasteiger partial charge in [0.15, 0.2) is 5.71 Å². The standard InChI is InChI=1S/C36H41Cl3N2O6S2.Na/c1-35(2)28-22-26(37)12-14-30(28)40(18-6-20-48(42,43)44)32(35)16-10-24-8-5-9-25(34(24)39)11-17-33-36(3,4)29-23-27(38)13-15-31(29)41(33)19-7-21-49(45,46)47;/h10-17,22-23H,5-9,18-21H2,1-4H3,(H-,42,43,44,45,46,47);/q;+1/p-1. The molecule has 0 spiro atoms. The molecule has 14 heteroatoms. The molecule has 0 bridgehead atoms. The van der Waals surface area contributed by atoms with E-state index in [0.29, 0.717) is 28.2 Å². The van der Waals surface area contributed by atoms with Gasteiger partial charge in [-0.25, -0.2) is 16.8 Å². The Bertz CT molecular complexity index is 2050. The number of hydrogen-bond acceptors (Lipinski definition) is 7. The van der Waals surface area contributed by atoms with Gasteiger partial charge in [-0.3, -0.25) is 0 Å². The molecule has 264 valence electrons. The third-order valence-electron chi connectivity index (χ3n) is 9.60. The van der Waals surface area contributed by atoms with E-state index in [1.54, 1.807) is 12.1 Å². The number of fused-ring (bicyclic) bond motifs is 2. The van der Waals surface area contributed by atoms with Gasteiger partial charge in [-0.1, -0.05) is 60.8 Å². The second kappa shape index (κ2) is 15.9. The maximum atomic E-state index is 11.4. The molecule has 0 amide bonds. The van der Waals surface area contributed by atoms with Gasteiger partial charge >= 0.3 is 29.6 Å². The first-order valence-corrected chi connectivity index (χ1v) is 20.5. The SMILES string of the molecule is CC1(C)C(/C=C/C2=C(Cl)C(=C/C=C3/N(CCCS(=O)(=O)[O-])c4ccc(Cl)cc4C3(C)C)/CCC2)=[N+](CCCS(=O)(=O)[O-])c2ccc(Cl)cc21.[Na+]. The van der Waals surface area contributed by atoms with Crippen molar-refractivity contribution in [2.45, 2.75) is 70.6 Å². The van der Waals surface area contributed by atoms with Gasteiger partial charge in [0, 0.05) is 74.1 Å². The Morgan fingerprint density at radius 2 is 1.44 bits per heavy atom. The second-order valence-corrected chi connectivity index (χ2v) is 18.1. The smallest absolute Gasteiger partial charge is 0.748 e. The molecule has 0 aromatic heterocycles. The van der Waals surface area contributed by atoms with Gasteiger partial charge < -0.3 is 14.0 Å². The van der Waals surface area contributed by atoms with Gasteiger partial charge in [0.25, 0.3) is 0 Å². The molecule has 5 rings (SSSR count). The molecule has 2 aliphatic heterocycles. The monoisotopic (exact) mass is 788 g/mol. The van der Waals surface area contributed by atoms with Crippen LogP contribution in [0.15, 0.2) is 82.6 Å². The van der Waals surface area contributed by atoms with Gasteiger partial charge in [-0.05, 0) is 92.6 Å². The summed E-state index contributed by atoms with van der Waals surface area (Å²) in [6, 6.07) is 11.3. The minimum Gasteiger partial charge on any atom is -0.748 e. The van der Waals surface area contributed by atoms with E-state index in [1.165, 1.54) is 0 Å². The normalized spacial score (nSPS) is 20.2. The van der Waals surface area contributed by atoms with Crippen LogP contribution in [-0.4, -0.2) is 60.8 Å². The maximum absolute atomic E-state index is 11.4. The minimum atomic E-state index is -4.35. The number of anilines is 1. The number of allylic oxidation sites excluding steroid dienone is 8. The van der Waals surface area contributed by atoms with Crippen molar-refractivity contribution in [3.8, 4) is 0 Å². The number of hydrogen-bond donors (Lipinski definition) is 0. The van der Waals surface area contributed by atoms with E-state index in [2.05, 4.69) is 37.2 Å². The summed E-state index contributed by atoms with van der Waals surface area (Å²) in [5.41, 5.74) is 6.81. The molecular weight excluding hydrogens is 750 g/mol. The van der Waals surface area contributed by atoms with Crippen LogP contribution in [0.1, 0.15) is 70.9 Å². The molecule has 0 unspecified atom stereocenters. The van der Waals surface area contributed by atoms with E-state index in [-0.39, 0.29) is 42.4 Å². The van der Waals surface area contributed by atoms with Gasteiger partial charge in [0.05, 0.1) is 25.7 Å². The fourth-order valence-electron chi connectivity index (χ4n) is 7.14. The Balaban J connectivity index is 0.00000562. The van der Waals surface area contributed by atoms with Crippen LogP contribution < -0.4 is 34.5 Å². The van der Waals surface area contributed by atoms with Gasteiger partial charge in [0.2, 0.25) is 5.69 Å². The summed E-state index contributed by atoms with van der Waals surface area (Å²) < 4.78 is 70.2. The third kappa shape index (κ3) is 9.19. The number of nitrogens with zero attached hydrogens (tertiary/aromatic N) is 2. The molecule has 0 N–H and O–H groups in total. The molecule has 3 aliphatic rings. The molecule has 2 aromatic carbocycles. The summed E-state index contributed by atoms with van der Waals surface area (Å²) in [6.45, 7) is 9.07. The van der Waals surface area contributed by atoms with Crippen molar-refractivity contribution < 1.29 is 60.1 Å².